The third kappa shape index (κ3) is 3.80. The van der Waals surface area contributed by atoms with Crippen LogP contribution in [0.25, 0.3) is 0 Å². The number of halogens is 2. The van der Waals surface area contributed by atoms with Crippen LogP contribution in [0.4, 0.5) is 10.1 Å². The number of hydrogen-bond donors (Lipinski definition) is 1. The van der Waals surface area contributed by atoms with Gasteiger partial charge in [-0.25, -0.2) is 17.1 Å². The molecule has 0 amide bonds. The maximum absolute atomic E-state index is 14.3. The summed E-state index contributed by atoms with van der Waals surface area (Å²) >= 11 is 6.11. The van der Waals surface area contributed by atoms with E-state index in [1.165, 1.54) is 20.2 Å². The lowest BCUT2D eigenvalue weighted by Crippen LogP contribution is -2.21. The van der Waals surface area contributed by atoms with Gasteiger partial charge in [0.2, 0.25) is 10.0 Å². The van der Waals surface area contributed by atoms with Crippen LogP contribution in [0.15, 0.2) is 58.6 Å². The first-order valence-electron chi connectivity index (χ1n) is 7.77. The molecule has 2 aromatic rings. The van der Waals surface area contributed by atoms with E-state index in [-0.39, 0.29) is 6.54 Å². The number of nitrogens with zero attached hydrogens (tertiary/aromatic N) is 2. The lowest BCUT2D eigenvalue weighted by Gasteiger charge is -2.13. The third-order valence-corrected chi connectivity index (χ3v) is 5.70. The highest BCUT2D eigenvalue weighted by molar-refractivity contribution is 7.92. The van der Waals surface area contributed by atoms with Crippen LogP contribution in [0.5, 0.6) is 0 Å². The molecule has 0 radical (unpaired) electrons. The van der Waals surface area contributed by atoms with Crippen molar-refractivity contribution >= 4 is 33.0 Å². The van der Waals surface area contributed by atoms with Crippen LogP contribution < -0.4 is 5.32 Å². The summed E-state index contributed by atoms with van der Waals surface area (Å²) in [4.78, 5) is 4.47. The molecule has 0 aliphatic carbocycles. The number of rotatable bonds is 3. The molecule has 26 heavy (non-hydrogen) atoms. The zero-order chi connectivity index (χ0) is 18.9. The van der Waals surface area contributed by atoms with E-state index >= 15 is 0 Å². The summed E-state index contributed by atoms with van der Waals surface area (Å²) in [5.41, 5.74) is 2.34. The molecular formula is C18H17ClFN3O2S. The molecular weight excluding hydrogens is 377 g/mol. The molecule has 3 rings (SSSR count). The Kier molecular flexibility index (Phi) is 5.13. The van der Waals surface area contributed by atoms with Crippen LogP contribution >= 0.6 is 11.6 Å². The molecule has 0 atom stereocenters. The summed E-state index contributed by atoms with van der Waals surface area (Å²) in [6.45, 7) is 0.0586. The van der Waals surface area contributed by atoms with Crippen molar-refractivity contribution in [2.75, 3.05) is 26.0 Å². The first kappa shape index (κ1) is 18.6. The van der Waals surface area contributed by atoms with E-state index < -0.39 is 15.8 Å². The minimum atomic E-state index is -3.58. The normalized spacial score (nSPS) is 16.0. The fourth-order valence-electron chi connectivity index (χ4n) is 2.52. The fraction of sp³-hybridized carbons (Fsp3) is 0.167. The largest absolute Gasteiger partial charge is 0.356 e. The van der Waals surface area contributed by atoms with Crippen LogP contribution in [-0.2, 0) is 10.0 Å². The van der Waals surface area contributed by atoms with Crippen LogP contribution in [0, 0.1) is 5.82 Å². The highest BCUT2D eigenvalue weighted by Gasteiger charge is 2.21. The van der Waals surface area contributed by atoms with Gasteiger partial charge in [0.25, 0.3) is 0 Å². The van der Waals surface area contributed by atoms with Gasteiger partial charge in [0.1, 0.15) is 5.82 Å². The van der Waals surface area contributed by atoms with Gasteiger partial charge in [-0.1, -0.05) is 23.7 Å². The molecule has 1 N–H and O–H groups in total. The van der Waals surface area contributed by atoms with Gasteiger partial charge in [-0.3, -0.25) is 4.99 Å². The van der Waals surface area contributed by atoms with Crippen molar-refractivity contribution < 1.29 is 12.8 Å². The molecule has 1 aliphatic rings. The molecule has 8 heteroatoms. The first-order valence-corrected chi connectivity index (χ1v) is 9.65. The summed E-state index contributed by atoms with van der Waals surface area (Å²) in [5, 5.41) is 4.68. The Morgan fingerprint density at radius 1 is 1.19 bits per heavy atom. The van der Waals surface area contributed by atoms with E-state index in [1.807, 2.05) is 0 Å². The molecule has 0 fully saturated rings. The molecule has 0 saturated carbocycles. The number of sulfonamides is 1. The Labute approximate surface area is 156 Å². The molecule has 2 aromatic carbocycles. The quantitative estimate of drug-likeness (QED) is 0.868. The number of anilines is 1. The molecule has 0 unspecified atom stereocenters. The molecule has 0 bridgehead atoms. The number of hydrogen-bond acceptors (Lipinski definition) is 4. The fourth-order valence-corrected chi connectivity index (χ4v) is 3.39. The van der Waals surface area contributed by atoms with Gasteiger partial charge < -0.3 is 5.32 Å². The topological polar surface area (TPSA) is 61.8 Å². The minimum Gasteiger partial charge on any atom is -0.356 e. The number of nitrogens with one attached hydrogen (secondary N) is 1. The second-order valence-electron chi connectivity index (χ2n) is 5.93. The second kappa shape index (κ2) is 7.19. The Hall–Kier alpha value is -2.22. The van der Waals surface area contributed by atoms with E-state index in [9.17, 15) is 12.8 Å². The van der Waals surface area contributed by atoms with E-state index in [2.05, 4.69) is 10.3 Å². The molecule has 1 heterocycles. The van der Waals surface area contributed by atoms with Crippen LogP contribution in [0.1, 0.15) is 11.1 Å². The lowest BCUT2D eigenvalue weighted by molar-refractivity contribution is 0.530. The van der Waals surface area contributed by atoms with Crippen LogP contribution in [0.3, 0.4) is 0 Å². The summed E-state index contributed by atoms with van der Waals surface area (Å²) in [7, 11) is -0.677. The number of aliphatic imine (C=N–C) groups is 1. The first-order chi connectivity index (χ1) is 12.3. The van der Waals surface area contributed by atoms with Crippen molar-refractivity contribution in [2.24, 2.45) is 4.99 Å². The molecule has 136 valence electrons. The van der Waals surface area contributed by atoms with E-state index in [1.54, 1.807) is 36.4 Å². The predicted molar refractivity (Wildman–Crippen MR) is 103 cm³/mol. The van der Waals surface area contributed by atoms with Gasteiger partial charge in [0.05, 0.1) is 17.7 Å². The van der Waals surface area contributed by atoms with E-state index in [0.717, 1.165) is 9.71 Å². The number of benzodiazepines with no additional fused rings is 1. The SMILES string of the molecule is CN(C)S(=O)(=O)/C=C1/CN=C(c2ccccc2F)c2cc(Cl)ccc2N1. The Morgan fingerprint density at radius 2 is 1.92 bits per heavy atom. The van der Waals surface area contributed by atoms with Gasteiger partial charge in [-0.05, 0) is 30.3 Å². The maximum atomic E-state index is 14.3. The lowest BCUT2D eigenvalue weighted by atomic mass is 10.00. The smallest absolute Gasteiger partial charge is 0.237 e. The average Bonchev–Trinajstić information content (AvgIpc) is 2.74. The Morgan fingerprint density at radius 3 is 2.62 bits per heavy atom. The Balaban J connectivity index is 2.17. The second-order valence-corrected chi connectivity index (χ2v) is 8.36. The maximum Gasteiger partial charge on any atom is 0.237 e. The summed E-state index contributed by atoms with van der Waals surface area (Å²) in [6.07, 6.45) is 0. The zero-order valence-electron chi connectivity index (χ0n) is 14.2. The number of benzene rings is 2. The highest BCUT2D eigenvalue weighted by atomic mass is 35.5. The van der Waals surface area contributed by atoms with Gasteiger partial charge in [0, 0.05) is 41.6 Å². The monoisotopic (exact) mass is 393 g/mol. The zero-order valence-corrected chi connectivity index (χ0v) is 15.8. The molecule has 0 saturated heterocycles. The highest BCUT2D eigenvalue weighted by Crippen LogP contribution is 2.28. The van der Waals surface area contributed by atoms with E-state index in [0.29, 0.717) is 33.2 Å². The molecule has 1 aliphatic heterocycles. The van der Waals surface area contributed by atoms with Crippen molar-refractivity contribution in [3.63, 3.8) is 0 Å². The van der Waals surface area contributed by atoms with Crippen LogP contribution in [-0.4, -0.2) is 39.1 Å². The van der Waals surface area contributed by atoms with Crippen molar-refractivity contribution in [3.05, 3.63) is 75.5 Å². The molecule has 5 nitrogen and oxygen atoms in total. The third-order valence-electron chi connectivity index (χ3n) is 3.87. The summed E-state index contributed by atoms with van der Waals surface area (Å²) in [5.74, 6) is -0.412. The standard InChI is InChI=1S/C18H17ClFN3O2S/c1-23(2)26(24,25)11-13-10-21-18(14-5-3-4-6-16(14)20)15-9-12(19)7-8-17(15)22-13/h3-9,11,22H,10H2,1-2H3/b13-11-. The van der Waals surface area contributed by atoms with Crippen molar-refractivity contribution in [1.29, 1.82) is 0 Å². The Bertz CT molecular complexity index is 1020. The van der Waals surface area contributed by atoms with Gasteiger partial charge in [0.15, 0.2) is 0 Å². The number of fused-ring (bicyclic) bond motifs is 1. The molecule has 0 aromatic heterocycles. The van der Waals surface area contributed by atoms with Gasteiger partial charge >= 0.3 is 0 Å². The van der Waals surface area contributed by atoms with Crippen molar-refractivity contribution in [1.82, 2.24) is 4.31 Å². The van der Waals surface area contributed by atoms with Gasteiger partial charge in [-0.2, -0.15) is 0 Å². The molecule has 0 spiro atoms. The summed E-state index contributed by atoms with van der Waals surface area (Å²) < 4.78 is 39.8. The van der Waals surface area contributed by atoms with Crippen LogP contribution in [0.2, 0.25) is 5.02 Å². The summed E-state index contributed by atoms with van der Waals surface area (Å²) in [6, 6.07) is 11.4. The average molecular weight is 394 g/mol. The van der Waals surface area contributed by atoms with E-state index in [4.69, 9.17) is 11.6 Å². The minimum absolute atomic E-state index is 0.0586. The predicted octanol–water partition coefficient (Wildman–Crippen LogP) is 3.47. The van der Waals surface area contributed by atoms with Gasteiger partial charge in [-0.15, -0.1) is 0 Å². The van der Waals surface area contributed by atoms with Crippen molar-refractivity contribution in [2.45, 2.75) is 0 Å². The van der Waals surface area contributed by atoms with Crippen molar-refractivity contribution in [3.8, 4) is 0 Å².